The maximum Gasteiger partial charge on any atom is 0.211 e. The normalized spacial score (nSPS) is 25.6. The van der Waals surface area contributed by atoms with Gasteiger partial charge in [-0.2, -0.15) is 0 Å². The fourth-order valence-electron chi connectivity index (χ4n) is 2.23. The van der Waals surface area contributed by atoms with Crippen LogP contribution in [0.2, 0.25) is 0 Å². The average Bonchev–Trinajstić information content (AvgIpc) is 2.17. The zero-order chi connectivity index (χ0) is 12.2. The molecule has 16 heavy (non-hydrogen) atoms. The second-order valence-electron chi connectivity index (χ2n) is 4.58. The summed E-state index contributed by atoms with van der Waals surface area (Å²) in [6, 6.07) is 0.00881. The lowest BCUT2D eigenvalue weighted by molar-refractivity contribution is 0.158. The molecule has 0 aromatic carbocycles. The fourth-order valence-corrected chi connectivity index (χ4v) is 3.17. The van der Waals surface area contributed by atoms with Crippen LogP contribution in [0.4, 0.5) is 0 Å². The first-order valence-electron chi connectivity index (χ1n) is 5.63. The van der Waals surface area contributed by atoms with Gasteiger partial charge in [0.2, 0.25) is 10.0 Å². The van der Waals surface area contributed by atoms with Crippen molar-refractivity contribution in [2.24, 2.45) is 11.7 Å². The number of piperidine rings is 1. The summed E-state index contributed by atoms with van der Waals surface area (Å²) in [6.45, 7) is 1.79. The molecule has 0 amide bonds. The summed E-state index contributed by atoms with van der Waals surface area (Å²) in [4.78, 5) is 0. The minimum absolute atomic E-state index is 0.00881. The van der Waals surface area contributed by atoms with E-state index >= 15 is 0 Å². The number of rotatable bonds is 5. The minimum atomic E-state index is -3.05. The lowest BCUT2D eigenvalue weighted by Gasteiger charge is -2.32. The van der Waals surface area contributed by atoms with Gasteiger partial charge in [-0.05, 0) is 25.2 Å². The molecule has 0 bridgehead atoms. The third kappa shape index (κ3) is 4.37. The van der Waals surface area contributed by atoms with Crippen LogP contribution in [0.1, 0.15) is 19.3 Å². The van der Waals surface area contributed by atoms with Crippen molar-refractivity contribution in [2.45, 2.75) is 25.3 Å². The summed E-state index contributed by atoms with van der Waals surface area (Å²) >= 11 is 0. The second-order valence-corrected chi connectivity index (χ2v) is 6.56. The predicted molar refractivity (Wildman–Crippen MR) is 63.6 cm³/mol. The van der Waals surface area contributed by atoms with Gasteiger partial charge in [0.25, 0.3) is 0 Å². The number of methoxy groups -OCH3 is 1. The van der Waals surface area contributed by atoms with Crippen LogP contribution in [-0.4, -0.2) is 51.8 Å². The summed E-state index contributed by atoms with van der Waals surface area (Å²) in [5.74, 6) is 0.369. The SMILES string of the molecule is COCC(N)CC1CCCN(S(C)(=O)=O)C1. The molecule has 0 saturated carbocycles. The highest BCUT2D eigenvalue weighted by Gasteiger charge is 2.26. The van der Waals surface area contributed by atoms with E-state index in [-0.39, 0.29) is 6.04 Å². The van der Waals surface area contributed by atoms with E-state index in [1.807, 2.05) is 0 Å². The van der Waals surface area contributed by atoms with Crippen molar-refractivity contribution in [2.75, 3.05) is 33.1 Å². The molecule has 1 aliphatic heterocycles. The van der Waals surface area contributed by atoms with Gasteiger partial charge < -0.3 is 10.5 Å². The van der Waals surface area contributed by atoms with Crippen LogP contribution < -0.4 is 5.73 Å². The molecule has 2 N–H and O–H groups in total. The maximum absolute atomic E-state index is 11.4. The first-order valence-corrected chi connectivity index (χ1v) is 7.48. The number of hydrogen-bond donors (Lipinski definition) is 1. The molecule has 1 saturated heterocycles. The van der Waals surface area contributed by atoms with E-state index in [9.17, 15) is 8.42 Å². The zero-order valence-corrected chi connectivity index (χ0v) is 10.9. The first-order chi connectivity index (χ1) is 7.43. The topological polar surface area (TPSA) is 72.6 Å². The van der Waals surface area contributed by atoms with Crippen molar-refractivity contribution in [3.8, 4) is 0 Å². The Balaban J connectivity index is 2.45. The van der Waals surface area contributed by atoms with Crippen LogP contribution in [0.25, 0.3) is 0 Å². The Morgan fingerprint density at radius 2 is 2.25 bits per heavy atom. The zero-order valence-electron chi connectivity index (χ0n) is 10.1. The first kappa shape index (κ1) is 13.9. The van der Waals surface area contributed by atoms with Crippen molar-refractivity contribution in [1.29, 1.82) is 0 Å². The Kier molecular flexibility index (Phi) is 5.17. The standard InChI is InChI=1S/C10H22N2O3S/c1-15-8-10(11)6-9-4-3-5-12(7-9)16(2,13)14/h9-10H,3-8,11H2,1-2H3. The van der Waals surface area contributed by atoms with Crippen molar-refractivity contribution < 1.29 is 13.2 Å². The molecule has 1 rings (SSSR count). The molecule has 0 aromatic rings. The molecule has 0 radical (unpaired) electrons. The predicted octanol–water partition coefficient (Wildman–Crippen LogP) is 0.0218. The van der Waals surface area contributed by atoms with Crippen molar-refractivity contribution in [3.05, 3.63) is 0 Å². The van der Waals surface area contributed by atoms with Crippen LogP contribution in [0.3, 0.4) is 0 Å². The summed E-state index contributed by atoms with van der Waals surface area (Å²) in [5.41, 5.74) is 5.88. The quantitative estimate of drug-likeness (QED) is 0.746. The van der Waals surface area contributed by atoms with E-state index in [2.05, 4.69) is 0 Å². The van der Waals surface area contributed by atoms with Gasteiger partial charge in [-0.25, -0.2) is 12.7 Å². The molecule has 6 heteroatoms. The highest BCUT2D eigenvalue weighted by Crippen LogP contribution is 2.22. The van der Waals surface area contributed by atoms with Gasteiger partial charge in [-0.1, -0.05) is 0 Å². The third-order valence-electron chi connectivity index (χ3n) is 2.97. The summed E-state index contributed by atoms with van der Waals surface area (Å²) in [6.07, 6.45) is 4.09. The van der Waals surface area contributed by atoms with Crippen LogP contribution in [0, 0.1) is 5.92 Å². The molecule has 2 unspecified atom stereocenters. The average molecular weight is 250 g/mol. The van der Waals surface area contributed by atoms with Gasteiger partial charge in [-0.15, -0.1) is 0 Å². The monoisotopic (exact) mass is 250 g/mol. The molecule has 1 aliphatic rings. The van der Waals surface area contributed by atoms with Crippen molar-refractivity contribution >= 4 is 10.0 Å². The Morgan fingerprint density at radius 1 is 1.56 bits per heavy atom. The minimum Gasteiger partial charge on any atom is -0.383 e. The van der Waals surface area contributed by atoms with Crippen LogP contribution >= 0.6 is 0 Å². The van der Waals surface area contributed by atoms with Crippen LogP contribution in [0.15, 0.2) is 0 Å². The molecule has 96 valence electrons. The molecule has 1 heterocycles. The second kappa shape index (κ2) is 5.95. The Bertz CT molecular complexity index is 305. The number of nitrogens with two attached hydrogens (primary N) is 1. The molecular formula is C10H22N2O3S. The van der Waals surface area contributed by atoms with E-state index in [1.54, 1.807) is 11.4 Å². The summed E-state index contributed by atoms with van der Waals surface area (Å²) in [5, 5.41) is 0. The van der Waals surface area contributed by atoms with Gasteiger partial charge in [0.1, 0.15) is 0 Å². The van der Waals surface area contributed by atoms with E-state index in [4.69, 9.17) is 10.5 Å². The molecular weight excluding hydrogens is 228 g/mol. The van der Waals surface area contributed by atoms with Crippen LogP contribution in [-0.2, 0) is 14.8 Å². The fraction of sp³-hybridized carbons (Fsp3) is 1.00. The molecule has 0 aliphatic carbocycles. The molecule has 0 spiro atoms. The smallest absolute Gasteiger partial charge is 0.211 e. The Hall–Kier alpha value is -0.170. The summed E-state index contributed by atoms with van der Waals surface area (Å²) in [7, 11) is -1.42. The van der Waals surface area contributed by atoms with Crippen LogP contribution in [0.5, 0.6) is 0 Å². The van der Waals surface area contributed by atoms with Gasteiger partial charge in [0.15, 0.2) is 0 Å². The van der Waals surface area contributed by atoms with E-state index in [1.165, 1.54) is 6.26 Å². The van der Waals surface area contributed by atoms with Crippen molar-refractivity contribution in [1.82, 2.24) is 4.31 Å². The lowest BCUT2D eigenvalue weighted by Crippen LogP contribution is -2.41. The van der Waals surface area contributed by atoms with Gasteiger partial charge in [0, 0.05) is 26.2 Å². The van der Waals surface area contributed by atoms with Gasteiger partial charge in [-0.3, -0.25) is 0 Å². The highest BCUT2D eigenvalue weighted by atomic mass is 32.2. The van der Waals surface area contributed by atoms with Gasteiger partial charge in [0.05, 0.1) is 12.9 Å². The number of nitrogens with zero attached hydrogens (tertiary/aromatic N) is 1. The lowest BCUT2D eigenvalue weighted by atomic mass is 9.93. The summed E-state index contributed by atoms with van der Waals surface area (Å²) < 4.78 is 29.4. The maximum atomic E-state index is 11.4. The number of ether oxygens (including phenoxy) is 1. The number of sulfonamides is 1. The van der Waals surface area contributed by atoms with E-state index < -0.39 is 10.0 Å². The van der Waals surface area contributed by atoms with E-state index in [0.717, 1.165) is 19.3 Å². The Labute approximate surface area is 98.0 Å². The highest BCUT2D eigenvalue weighted by molar-refractivity contribution is 7.88. The molecule has 1 fully saturated rings. The van der Waals surface area contributed by atoms with Gasteiger partial charge >= 0.3 is 0 Å². The largest absolute Gasteiger partial charge is 0.383 e. The third-order valence-corrected chi connectivity index (χ3v) is 4.24. The number of hydrogen-bond acceptors (Lipinski definition) is 4. The molecule has 5 nitrogen and oxygen atoms in total. The molecule has 2 atom stereocenters. The van der Waals surface area contributed by atoms with Crippen molar-refractivity contribution in [3.63, 3.8) is 0 Å². The molecule has 0 aromatic heterocycles. The van der Waals surface area contributed by atoms with E-state index in [0.29, 0.717) is 25.6 Å². The Morgan fingerprint density at radius 3 is 2.81 bits per heavy atom.